The Morgan fingerprint density at radius 3 is 2.60 bits per heavy atom. The van der Waals surface area contributed by atoms with Gasteiger partial charge < -0.3 is 15.7 Å². The molecule has 0 saturated heterocycles. The van der Waals surface area contributed by atoms with E-state index in [0.29, 0.717) is 5.75 Å². The monoisotopic (exact) mass is 208 g/mol. The molecule has 0 aliphatic carbocycles. The summed E-state index contributed by atoms with van der Waals surface area (Å²) in [6, 6.07) is 5.54. The second kappa shape index (κ2) is 5.14. The molecule has 0 amide bonds. The molecular weight excluding hydrogens is 188 g/mol. The van der Waals surface area contributed by atoms with Gasteiger partial charge in [-0.2, -0.15) is 0 Å². The molecule has 0 heterocycles. The minimum atomic E-state index is -0.121. The topological polar surface area (TPSA) is 49.5 Å². The lowest BCUT2D eigenvalue weighted by molar-refractivity contribution is 0.413. The summed E-state index contributed by atoms with van der Waals surface area (Å²) in [5.41, 5.74) is 7.81. The van der Waals surface area contributed by atoms with Crippen molar-refractivity contribution in [1.29, 1.82) is 0 Å². The van der Waals surface area contributed by atoms with Crippen LogP contribution in [0.3, 0.4) is 0 Å². The predicted molar refractivity (Wildman–Crippen MR) is 63.0 cm³/mol. The first-order valence-electron chi connectivity index (χ1n) is 5.23. The van der Waals surface area contributed by atoms with Gasteiger partial charge in [-0.05, 0) is 39.1 Å². The minimum Gasteiger partial charge on any atom is -0.508 e. The van der Waals surface area contributed by atoms with Crippen LogP contribution in [0.1, 0.15) is 24.1 Å². The number of phenolic OH excluding ortho intramolecular Hbond substituents is 1. The molecule has 1 atom stereocenters. The van der Waals surface area contributed by atoms with Gasteiger partial charge in [-0.1, -0.05) is 12.1 Å². The van der Waals surface area contributed by atoms with Crippen LogP contribution in [0.2, 0.25) is 0 Å². The molecule has 84 valence electrons. The van der Waals surface area contributed by atoms with Crippen molar-refractivity contribution < 1.29 is 5.11 Å². The van der Waals surface area contributed by atoms with E-state index < -0.39 is 0 Å². The third kappa shape index (κ3) is 3.53. The van der Waals surface area contributed by atoms with Crippen LogP contribution >= 0.6 is 0 Å². The Kier molecular flexibility index (Phi) is 4.12. The third-order valence-electron chi connectivity index (χ3n) is 2.43. The van der Waals surface area contributed by atoms with Crippen molar-refractivity contribution in [1.82, 2.24) is 4.90 Å². The second-order valence-corrected chi connectivity index (χ2v) is 4.24. The fourth-order valence-electron chi connectivity index (χ4n) is 1.48. The van der Waals surface area contributed by atoms with Crippen LogP contribution in [0.4, 0.5) is 0 Å². The van der Waals surface area contributed by atoms with Gasteiger partial charge in [0, 0.05) is 18.2 Å². The average Bonchev–Trinajstić information content (AvgIpc) is 2.16. The maximum atomic E-state index is 9.59. The van der Waals surface area contributed by atoms with E-state index in [-0.39, 0.29) is 6.04 Å². The zero-order valence-electron chi connectivity index (χ0n) is 9.70. The van der Waals surface area contributed by atoms with E-state index in [1.807, 2.05) is 33.2 Å². The lowest BCUT2D eigenvalue weighted by Gasteiger charge is -2.12. The van der Waals surface area contributed by atoms with Crippen LogP contribution in [0.5, 0.6) is 5.75 Å². The molecule has 0 radical (unpaired) electrons. The van der Waals surface area contributed by atoms with E-state index in [9.17, 15) is 5.11 Å². The van der Waals surface area contributed by atoms with E-state index >= 15 is 0 Å². The molecule has 1 rings (SSSR count). The van der Waals surface area contributed by atoms with Crippen molar-refractivity contribution in [3.8, 4) is 5.75 Å². The normalized spacial score (nSPS) is 13.1. The van der Waals surface area contributed by atoms with Gasteiger partial charge in [0.05, 0.1) is 0 Å². The van der Waals surface area contributed by atoms with Gasteiger partial charge in [-0.3, -0.25) is 0 Å². The molecule has 1 aromatic carbocycles. The Labute approximate surface area is 91.5 Å². The molecule has 1 aromatic rings. The first kappa shape index (κ1) is 12.0. The molecule has 0 spiro atoms. The molecular formula is C12H20N2O. The molecule has 3 N–H and O–H groups in total. The number of likely N-dealkylation sites (N-methyl/N-ethyl adjacent to an activating group) is 1. The molecule has 0 saturated carbocycles. The molecule has 3 nitrogen and oxygen atoms in total. The predicted octanol–water partition coefficient (Wildman–Crippen LogP) is 1.52. The fraction of sp³-hybridized carbons (Fsp3) is 0.500. The number of nitrogens with zero attached hydrogens (tertiary/aromatic N) is 1. The summed E-state index contributed by atoms with van der Waals surface area (Å²) in [5, 5.41) is 9.59. The zero-order valence-corrected chi connectivity index (χ0v) is 9.70. The minimum absolute atomic E-state index is 0.121. The van der Waals surface area contributed by atoms with Gasteiger partial charge in [-0.15, -0.1) is 0 Å². The Bertz CT molecular complexity index is 321. The van der Waals surface area contributed by atoms with Gasteiger partial charge in [0.1, 0.15) is 5.75 Å². The number of benzene rings is 1. The number of hydrogen-bond donors (Lipinski definition) is 2. The number of nitrogens with two attached hydrogens (primary N) is 1. The smallest absolute Gasteiger partial charge is 0.120 e. The van der Waals surface area contributed by atoms with Gasteiger partial charge in [0.15, 0.2) is 0 Å². The first-order valence-corrected chi connectivity index (χ1v) is 5.23. The highest BCUT2D eigenvalue weighted by atomic mass is 16.3. The van der Waals surface area contributed by atoms with Crippen molar-refractivity contribution >= 4 is 0 Å². The molecule has 1 unspecified atom stereocenters. The summed E-state index contributed by atoms with van der Waals surface area (Å²) in [5.74, 6) is 0.290. The summed E-state index contributed by atoms with van der Waals surface area (Å²) in [6.07, 6.45) is 0.979. The van der Waals surface area contributed by atoms with Gasteiger partial charge in [-0.25, -0.2) is 0 Å². The first-order chi connectivity index (χ1) is 7.00. The van der Waals surface area contributed by atoms with Crippen molar-refractivity contribution in [2.45, 2.75) is 19.4 Å². The largest absolute Gasteiger partial charge is 0.508 e. The zero-order chi connectivity index (χ0) is 11.4. The standard InChI is InChI=1S/C12H20N2O/c1-9(13)11-8-10(4-5-12(11)15)6-7-14(2)3/h4-5,8-9,15H,6-7,13H2,1-3H3. The summed E-state index contributed by atoms with van der Waals surface area (Å²) in [4.78, 5) is 2.14. The number of aromatic hydroxyl groups is 1. The molecule has 0 aliphatic heterocycles. The fourth-order valence-corrected chi connectivity index (χ4v) is 1.48. The van der Waals surface area contributed by atoms with Crippen molar-refractivity contribution in [3.05, 3.63) is 29.3 Å². The van der Waals surface area contributed by atoms with Gasteiger partial charge in [0.2, 0.25) is 0 Å². The number of rotatable bonds is 4. The summed E-state index contributed by atoms with van der Waals surface area (Å²) in [6.45, 7) is 2.88. The molecule has 15 heavy (non-hydrogen) atoms. The van der Waals surface area contributed by atoms with E-state index in [2.05, 4.69) is 4.90 Å². The quantitative estimate of drug-likeness (QED) is 0.788. The van der Waals surface area contributed by atoms with Crippen LogP contribution in [0.15, 0.2) is 18.2 Å². The maximum absolute atomic E-state index is 9.59. The van der Waals surface area contributed by atoms with Crippen LogP contribution in [0.25, 0.3) is 0 Å². The summed E-state index contributed by atoms with van der Waals surface area (Å²) in [7, 11) is 4.10. The van der Waals surface area contributed by atoms with E-state index in [0.717, 1.165) is 18.5 Å². The molecule has 0 bridgehead atoms. The second-order valence-electron chi connectivity index (χ2n) is 4.24. The van der Waals surface area contributed by atoms with Gasteiger partial charge in [0.25, 0.3) is 0 Å². The van der Waals surface area contributed by atoms with E-state index in [4.69, 9.17) is 5.73 Å². The number of hydrogen-bond acceptors (Lipinski definition) is 3. The van der Waals surface area contributed by atoms with Crippen molar-refractivity contribution in [2.24, 2.45) is 5.73 Å². The SMILES string of the molecule is CC(N)c1cc(CCN(C)C)ccc1O. The van der Waals surface area contributed by atoms with E-state index in [1.165, 1.54) is 5.56 Å². The van der Waals surface area contributed by atoms with Crippen molar-refractivity contribution in [2.75, 3.05) is 20.6 Å². The third-order valence-corrected chi connectivity index (χ3v) is 2.43. The van der Waals surface area contributed by atoms with Crippen LogP contribution in [0, 0.1) is 0 Å². The molecule has 0 aromatic heterocycles. The summed E-state index contributed by atoms with van der Waals surface area (Å²) >= 11 is 0. The lowest BCUT2D eigenvalue weighted by Crippen LogP contribution is -2.15. The van der Waals surface area contributed by atoms with E-state index in [1.54, 1.807) is 6.07 Å². The highest BCUT2D eigenvalue weighted by Crippen LogP contribution is 2.23. The molecule has 0 fully saturated rings. The highest BCUT2D eigenvalue weighted by Gasteiger charge is 2.07. The van der Waals surface area contributed by atoms with Crippen molar-refractivity contribution in [3.63, 3.8) is 0 Å². The maximum Gasteiger partial charge on any atom is 0.120 e. The summed E-state index contributed by atoms with van der Waals surface area (Å²) < 4.78 is 0. The van der Waals surface area contributed by atoms with Crippen LogP contribution in [-0.2, 0) is 6.42 Å². The molecule has 0 aliphatic rings. The Morgan fingerprint density at radius 2 is 2.07 bits per heavy atom. The Morgan fingerprint density at radius 1 is 1.40 bits per heavy atom. The Balaban J connectivity index is 2.78. The number of phenols is 1. The Hall–Kier alpha value is -1.06. The van der Waals surface area contributed by atoms with Gasteiger partial charge >= 0.3 is 0 Å². The van der Waals surface area contributed by atoms with Crippen LogP contribution in [-0.4, -0.2) is 30.6 Å². The average molecular weight is 208 g/mol. The van der Waals surface area contributed by atoms with Crippen LogP contribution < -0.4 is 5.73 Å². The molecule has 3 heteroatoms. The highest BCUT2D eigenvalue weighted by molar-refractivity contribution is 5.38. The lowest BCUT2D eigenvalue weighted by atomic mass is 10.0.